The van der Waals surface area contributed by atoms with Crippen LogP contribution in [0.1, 0.15) is 15.9 Å². The van der Waals surface area contributed by atoms with Gasteiger partial charge in [-0.2, -0.15) is 4.39 Å². The lowest BCUT2D eigenvalue weighted by molar-refractivity contribution is 0.100. The molecule has 2 aliphatic rings. The predicted molar refractivity (Wildman–Crippen MR) is 82.0 cm³/mol. The Balaban J connectivity index is 2.00. The van der Waals surface area contributed by atoms with Crippen molar-refractivity contribution < 1.29 is 19.0 Å². The molecule has 2 aromatic rings. The van der Waals surface area contributed by atoms with E-state index in [4.69, 9.17) is 4.74 Å². The standard InChI is InChI=1S/C17H14FNO3/c18-15-16(20)11-3-1-2-10-13(19-6-8-22-9-7-19)5-4-12(14(10)11)17(15)21/h1-5,21H,6-9H2. The number of ether oxygens (including phenoxy) is 1. The summed E-state index contributed by atoms with van der Waals surface area (Å²) in [7, 11) is 0. The lowest BCUT2D eigenvalue weighted by Crippen LogP contribution is -2.36. The fraction of sp³-hybridized carbons (Fsp3) is 0.235. The number of carbonyl (C=O) groups is 1. The summed E-state index contributed by atoms with van der Waals surface area (Å²) in [5.74, 6) is -2.41. The molecular weight excluding hydrogens is 285 g/mol. The van der Waals surface area contributed by atoms with Gasteiger partial charge in [-0.25, -0.2) is 0 Å². The van der Waals surface area contributed by atoms with E-state index in [9.17, 15) is 14.3 Å². The smallest absolute Gasteiger partial charge is 0.225 e. The molecule has 112 valence electrons. The molecule has 1 N–H and O–H groups in total. The van der Waals surface area contributed by atoms with E-state index in [-0.39, 0.29) is 0 Å². The summed E-state index contributed by atoms with van der Waals surface area (Å²) in [5, 5.41) is 11.4. The van der Waals surface area contributed by atoms with E-state index in [1.807, 2.05) is 12.1 Å². The van der Waals surface area contributed by atoms with Crippen LogP contribution >= 0.6 is 0 Å². The van der Waals surface area contributed by atoms with Gasteiger partial charge in [0.2, 0.25) is 11.6 Å². The Morgan fingerprint density at radius 1 is 1.09 bits per heavy atom. The minimum absolute atomic E-state index is 0.304. The van der Waals surface area contributed by atoms with Gasteiger partial charge in [0.05, 0.1) is 13.2 Å². The Morgan fingerprint density at radius 2 is 1.86 bits per heavy atom. The first-order valence-corrected chi connectivity index (χ1v) is 7.20. The highest BCUT2D eigenvalue weighted by Crippen LogP contribution is 2.39. The molecule has 5 heteroatoms. The molecular formula is C17H14FNO3. The highest BCUT2D eigenvalue weighted by Gasteiger charge is 2.29. The number of morpholine rings is 1. The van der Waals surface area contributed by atoms with E-state index >= 15 is 0 Å². The Morgan fingerprint density at radius 3 is 2.64 bits per heavy atom. The van der Waals surface area contributed by atoms with E-state index in [2.05, 4.69) is 4.90 Å². The predicted octanol–water partition coefficient (Wildman–Crippen LogP) is 3.07. The SMILES string of the molecule is O=C1C(F)=C(O)c2ccc(N3CCOCC3)c3cccc1c23. The topological polar surface area (TPSA) is 49.8 Å². The van der Waals surface area contributed by atoms with Crippen LogP contribution in [0.3, 0.4) is 0 Å². The van der Waals surface area contributed by atoms with Gasteiger partial charge in [0.25, 0.3) is 0 Å². The van der Waals surface area contributed by atoms with Crippen LogP contribution in [0.15, 0.2) is 36.2 Å². The molecule has 1 aliphatic heterocycles. The molecule has 0 saturated carbocycles. The van der Waals surface area contributed by atoms with Crippen LogP contribution in [0, 0.1) is 0 Å². The van der Waals surface area contributed by atoms with Crippen LogP contribution < -0.4 is 4.90 Å². The Labute approximate surface area is 126 Å². The van der Waals surface area contributed by atoms with Crippen LogP contribution in [0.5, 0.6) is 0 Å². The minimum atomic E-state index is -1.08. The molecule has 22 heavy (non-hydrogen) atoms. The van der Waals surface area contributed by atoms with E-state index in [1.54, 1.807) is 18.2 Å². The average Bonchev–Trinajstić information content (AvgIpc) is 2.58. The van der Waals surface area contributed by atoms with Crippen molar-refractivity contribution in [2.45, 2.75) is 0 Å². The molecule has 1 fully saturated rings. The zero-order valence-corrected chi connectivity index (χ0v) is 11.8. The van der Waals surface area contributed by atoms with Gasteiger partial charge in [0.1, 0.15) is 0 Å². The van der Waals surface area contributed by atoms with Gasteiger partial charge in [-0.1, -0.05) is 18.2 Å². The molecule has 2 aromatic carbocycles. The molecule has 4 nitrogen and oxygen atoms in total. The highest BCUT2D eigenvalue weighted by molar-refractivity contribution is 6.24. The third kappa shape index (κ3) is 1.75. The molecule has 1 saturated heterocycles. The van der Waals surface area contributed by atoms with Gasteiger partial charge in [0.15, 0.2) is 5.76 Å². The largest absolute Gasteiger partial charge is 0.504 e. The number of anilines is 1. The number of rotatable bonds is 1. The summed E-state index contributed by atoms with van der Waals surface area (Å²) in [4.78, 5) is 14.3. The van der Waals surface area contributed by atoms with Gasteiger partial charge in [-0.05, 0) is 12.1 Å². The zero-order valence-electron chi connectivity index (χ0n) is 11.8. The Bertz CT molecular complexity index is 822. The number of hydrogen-bond acceptors (Lipinski definition) is 4. The fourth-order valence-electron chi connectivity index (χ4n) is 3.20. The molecule has 0 atom stereocenters. The van der Waals surface area contributed by atoms with Gasteiger partial charge in [0, 0.05) is 40.7 Å². The molecule has 0 bridgehead atoms. The van der Waals surface area contributed by atoms with Crippen molar-refractivity contribution in [3.63, 3.8) is 0 Å². The minimum Gasteiger partial charge on any atom is -0.504 e. The summed E-state index contributed by atoms with van der Waals surface area (Å²) in [6, 6.07) is 8.79. The zero-order chi connectivity index (χ0) is 15.3. The maximum atomic E-state index is 13.9. The van der Waals surface area contributed by atoms with Crippen LogP contribution in [0.2, 0.25) is 0 Å². The van der Waals surface area contributed by atoms with Crippen molar-refractivity contribution in [3.8, 4) is 0 Å². The summed E-state index contributed by atoms with van der Waals surface area (Å²) in [6.45, 7) is 2.84. The summed E-state index contributed by atoms with van der Waals surface area (Å²) < 4.78 is 19.3. The first kappa shape index (κ1) is 13.3. The number of aliphatic hydroxyl groups is 1. The van der Waals surface area contributed by atoms with Crippen LogP contribution in [-0.2, 0) is 4.74 Å². The summed E-state index contributed by atoms with van der Waals surface area (Å²) >= 11 is 0. The molecule has 0 aromatic heterocycles. The van der Waals surface area contributed by atoms with Crippen molar-refractivity contribution in [2.75, 3.05) is 31.2 Å². The number of Topliss-reactive ketones (excluding diaryl/α,β-unsaturated/α-hetero) is 1. The number of nitrogens with zero attached hydrogens (tertiary/aromatic N) is 1. The lowest BCUT2D eigenvalue weighted by atomic mass is 9.89. The van der Waals surface area contributed by atoms with E-state index in [0.717, 1.165) is 24.2 Å². The van der Waals surface area contributed by atoms with Gasteiger partial charge in [-0.15, -0.1) is 0 Å². The molecule has 0 amide bonds. The second kappa shape index (κ2) is 4.81. The van der Waals surface area contributed by atoms with Crippen molar-refractivity contribution >= 4 is 28.0 Å². The Hall–Kier alpha value is -2.40. The van der Waals surface area contributed by atoms with E-state index < -0.39 is 17.4 Å². The van der Waals surface area contributed by atoms with Crippen molar-refractivity contribution in [1.82, 2.24) is 0 Å². The van der Waals surface area contributed by atoms with Crippen molar-refractivity contribution in [1.29, 1.82) is 0 Å². The number of aliphatic hydroxyl groups excluding tert-OH is 1. The average molecular weight is 299 g/mol. The summed E-state index contributed by atoms with van der Waals surface area (Å²) in [5.41, 5.74) is 1.66. The maximum absolute atomic E-state index is 13.9. The number of allylic oxidation sites excluding steroid dienone is 1. The third-order valence-corrected chi connectivity index (χ3v) is 4.28. The quantitative estimate of drug-likeness (QED) is 0.879. The molecule has 0 unspecified atom stereocenters. The lowest BCUT2D eigenvalue weighted by Gasteiger charge is -2.31. The molecule has 1 heterocycles. The second-order valence-corrected chi connectivity index (χ2v) is 5.45. The number of halogens is 1. The van der Waals surface area contributed by atoms with Crippen molar-refractivity contribution in [3.05, 3.63) is 47.3 Å². The van der Waals surface area contributed by atoms with Crippen LogP contribution in [0.4, 0.5) is 10.1 Å². The van der Waals surface area contributed by atoms with Gasteiger partial charge >= 0.3 is 0 Å². The van der Waals surface area contributed by atoms with Gasteiger partial charge in [-0.3, -0.25) is 4.79 Å². The first-order valence-electron chi connectivity index (χ1n) is 7.20. The summed E-state index contributed by atoms with van der Waals surface area (Å²) in [6.07, 6.45) is 0. The molecule has 1 aliphatic carbocycles. The van der Waals surface area contributed by atoms with Crippen molar-refractivity contribution in [2.24, 2.45) is 0 Å². The second-order valence-electron chi connectivity index (χ2n) is 5.45. The number of carbonyl (C=O) groups excluding carboxylic acids is 1. The van der Waals surface area contributed by atoms with Crippen LogP contribution in [-0.4, -0.2) is 37.2 Å². The fourth-order valence-corrected chi connectivity index (χ4v) is 3.20. The molecule has 0 radical (unpaired) electrons. The monoisotopic (exact) mass is 299 g/mol. The Kier molecular flexibility index (Phi) is 2.90. The van der Waals surface area contributed by atoms with Crippen LogP contribution in [0.25, 0.3) is 16.5 Å². The number of benzene rings is 2. The van der Waals surface area contributed by atoms with E-state index in [1.165, 1.54) is 0 Å². The number of hydrogen-bond donors (Lipinski definition) is 1. The van der Waals surface area contributed by atoms with Gasteiger partial charge < -0.3 is 14.7 Å². The molecule has 4 rings (SSSR count). The first-order chi connectivity index (χ1) is 10.7. The highest BCUT2D eigenvalue weighted by atomic mass is 19.1. The third-order valence-electron chi connectivity index (χ3n) is 4.28. The normalized spacial score (nSPS) is 18.2. The molecule has 0 spiro atoms. The maximum Gasteiger partial charge on any atom is 0.225 e. The number of ketones is 1. The van der Waals surface area contributed by atoms with E-state index in [0.29, 0.717) is 29.7 Å².